The zero-order chi connectivity index (χ0) is 16.2. The van der Waals surface area contributed by atoms with E-state index >= 15 is 0 Å². The minimum absolute atomic E-state index is 0.121. The van der Waals surface area contributed by atoms with Gasteiger partial charge in [0.15, 0.2) is 0 Å². The van der Waals surface area contributed by atoms with Crippen molar-refractivity contribution in [2.24, 2.45) is 0 Å². The van der Waals surface area contributed by atoms with Gasteiger partial charge < -0.3 is 5.32 Å². The van der Waals surface area contributed by atoms with Gasteiger partial charge >= 0.3 is 0 Å². The summed E-state index contributed by atoms with van der Waals surface area (Å²) in [6.45, 7) is 1.97. The number of rotatable bonds is 3. The standard InChI is InChI=1S/C20H16ClNO/c1-14-10-11-17(13-19(14)21)16-8-5-9-18(12-16)22-20(23)15-6-3-2-4-7-15/h2-13H,1H3,(H,22,23). The molecule has 23 heavy (non-hydrogen) atoms. The van der Waals surface area contributed by atoms with Gasteiger partial charge in [0, 0.05) is 16.3 Å². The van der Waals surface area contributed by atoms with Crippen LogP contribution in [0.1, 0.15) is 15.9 Å². The minimum Gasteiger partial charge on any atom is -0.322 e. The van der Waals surface area contributed by atoms with Crippen LogP contribution in [-0.4, -0.2) is 5.91 Å². The minimum atomic E-state index is -0.121. The number of hydrogen-bond donors (Lipinski definition) is 1. The fourth-order valence-corrected chi connectivity index (χ4v) is 2.52. The Morgan fingerprint density at radius 2 is 1.61 bits per heavy atom. The molecule has 0 atom stereocenters. The molecule has 0 radical (unpaired) electrons. The molecule has 3 heteroatoms. The Hall–Kier alpha value is -2.58. The fourth-order valence-electron chi connectivity index (χ4n) is 2.34. The third-order valence-corrected chi connectivity index (χ3v) is 4.07. The summed E-state index contributed by atoms with van der Waals surface area (Å²) in [5.74, 6) is -0.121. The Morgan fingerprint density at radius 3 is 2.35 bits per heavy atom. The maximum atomic E-state index is 12.2. The molecule has 0 aromatic heterocycles. The Kier molecular flexibility index (Phi) is 4.45. The summed E-state index contributed by atoms with van der Waals surface area (Å²) in [4.78, 5) is 12.2. The summed E-state index contributed by atoms with van der Waals surface area (Å²) in [7, 11) is 0. The van der Waals surface area contributed by atoms with Crippen LogP contribution < -0.4 is 5.32 Å². The van der Waals surface area contributed by atoms with E-state index in [1.165, 1.54) is 0 Å². The van der Waals surface area contributed by atoms with Gasteiger partial charge in [-0.1, -0.05) is 54.1 Å². The van der Waals surface area contributed by atoms with Gasteiger partial charge in [-0.2, -0.15) is 0 Å². The molecule has 0 bridgehead atoms. The van der Waals surface area contributed by atoms with Crippen molar-refractivity contribution in [1.29, 1.82) is 0 Å². The molecule has 2 nitrogen and oxygen atoms in total. The molecule has 0 fully saturated rings. The lowest BCUT2D eigenvalue weighted by Gasteiger charge is -2.09. The molecular formula is C20H16ClNO. The predicted molar refractivity (Wildman–Crippen MR) is 96.0 cm³/mol. The second-order valence-electron chi connectivity index (χ2n) is 5.36. The highest BCUT2D eigenvalue weighted by molar-refractivity contribution is 6.31. The molecule has 0 heterocycles. The van der Waals surface area contributed by atoms with Gasteiger partial charge in [-0.3, -0.25) is 4.79 Å². The number of carbonyl (C=O) groups excluding carboxylic acids is 1. The van der Waals surface area contributed by atoms with Gasteiger partial charge in [0.1, 0.15) is 0 Å². The van der Waals surface area contributed by atoms with Crippen molar-refractivity contribution in [2.45, 2.75) is 6.92 Å². The number of nitrogens with one attached hydrogen (secondary N) is 1. The van der Waals surface area contributed by atoms with Crippen molar-refractivity contribution in [3.8, 4) is 11.1 Å². The van der Waals surface area contributed by atoms with Crippen molar-refractivity contribution < 1.29 is 4.79 Å². The van der Waals surface area contributed by atoms with E-state index in [4.69, 9.17) is 11.6 Å². The molecular weight excluding hydrogens is 306 g/mol. The number of carbonyl (C=O) groups is 1. The van der Waals surface area contributed by atoms with Crippen molar-refractivity contribution in [3.63, 3.8) is 0 Å². The SMILES string of the molecule is Cc1ccc(-c2cccc(NC(=O)c3ccccc3)c2)cc1Cl. The van der Waals surface area contributed by atoms with Crippen LogP contribution in [0, 0.1) is 6.92 Å². The van der Waals surface area contributed by atoms with Gasteiger partial charge in [-0.05, 0) is 53.9 Å². The van der Waals surface area contributed by atoms with E-state index in [2.05, 4.69) is 5.32 Å². The molecule has 0 aliphatic rings. The molecule has 0 saturated heterocycles. The Bertz CT molecular complexity index is 843. The summed E-state index contributed by atoms with van der Waals surface area (Å²) in [6.07, 6.45) is 0. The Labute approximate surface area is 140 Å². The Morgan fingerprint density at radius 1 is 0.870 bits per heavy atom. The molecule has 1 amide bonds. The largest absolute Gasteiger partial charge is 0.322 e. The summed E-state index contributed by atoms with van der Waals surface area (Å²) in [5.41, 5.74) is 4.47. The maximum Gasteiger partial charge on any atom is 0.255 e. The first kappa shape index (κ1) is 15.3. The van der Waals surface area contributed by atoms with Crippen LogP contribution in [0.25, 0.3) is 11.1 Å². The van der Waals surface area contributed by atoms with Gasteiger partial charge in [0.2, 0.25) is 0 Å². The van der Waals surface area contributed by atoms with E-state index in [1.807, 2.05) is 67.6 Å². The number of hydrogen-bond acceptors (Lipinski definition) is 1. The van der Waals surface area contributed by atoms with Crippen LogP contribution in [0.3, 0.4) is 0 Å². The monoisotopic (exact) mass is 321 g/mol. The zero-order valence-corrected chi connectivity index (χ0v) is 13.5. The number of halogens is 1. The first-order valence-electron chi connectivity index (χ1n) is 7.36. The lowest BCUT2D eigenvalue weighted by Crippen LogP contribution is -2.11. The van der Waals surface area contributed by atoms with Crippen LogP contribution in [0.4, 0.5) is 5.69 Å². The molecule has 0 aliphatic heterocycles. The van der Waals surface area contributed by atoms with Crippen LogP contribution >= 0.6 is 11.6 Å². The highest BCUT2D eigenvalue weighted by atomic mass is 35.5. The normalized spacial score (nSPS) is 10.3. The zero-order valence-electron chi connectivity index (χ0n) is 12.7. The van der Waals surface area contributed by atoms with E-state index in [0.717, 1.165) is 27.4 Å². The van der Waals surface area contributed by atoms with E-state index in [1.54, 1.807) is 12.1 Å². The lowest BCUT2D eigenvalue weighted by atomic mass is 10.0. The smallest absolute Gasteiger partial charge is 0.255 e. The molecule has 3 rings (SSSR count). The molecule has 114 valence electrons. The number of aryl methyl sites for hydroxylation is 1. The van der Waals surface area contributed by atoms with Crippen molar-refractivity contribution >= 4 is 23.2 Å². The second-order valence-corrected chi connectivity index (χ2v) is 5.77. The molecule has 3 aromatic rings. The fraction of sp³-hybridized carbons (Fsp3) is 0.0500. The average molecular weight is 322 g/mol. The Balaban J connectivity index is 1.85. The van der Waals surface area contributed by atoms with Crippen LogP contribution in [-0.2, 0) is 0 Å². The highest BCUT2D eigenvalue weighted by Crippen LogP contribution is 2.27. The summed E-state index contributed by atoms with van der Waals surface area (Å²) < 4.78 is 0. The van der Waals surface area contributed by atoms with Gasteiger partial charge in [0.05, 0.1) is 0 Å². The van der Waals surface area contributed by atoms with Crippen LogP contribution in [0.15, 0.2) is 72.8 Å². The molecule has 1 N–H and O–H groups in total. The molecule has 0 aliphatic carbocycles. The summed E-state index contributed by atoms with van der Waals surface area (Å²) >= 11 is 6.20. The lowest BCUT2D eigenvalue weighted by molar-refractivity contribution is 0.102. The third-order valence-electron chi connectivity index (χ3n) is 3.66. The molecule has 0 unspecified atom stereocenters. The van der Waals surface area contributed by atoms with Crippen LogP contribution in [0.5, 0.6) is 0 Å². The van der Waals surface area contributed by atoms with E-state index in [0.29, 0.717) is 5.56 Å². The summed E-state index contributed by atoms with van der Waals surface area (Å²) in [6, 6.07) is 22.9. The predicted octanol–water partition coefficient (Wildman–Crippen LogP) is 5.57. The van der Waals surface area contributed by atoms with Gasteiger partial charge in [-0.25, -0.2) is 0 Å². The topological polar surface area (TPSA) is 29.1 Å². The van der Waals surface area contributed by atoms with Crippen molar-refractivity contribution in [1.82, 2.24) is 0 Å². The van der Waals surface area contributed by atoms with Crippen molar-refractivity contribution in [3.05, 3.63) is 88.9 Å². The van der Waals surface area contributed by atoms with E-state index in [9.17, 15) is 4.79 Å². The number of benzene rings is 3. The third kappa shape index (κ3) is 3.61. The summed E-state index contributed by atoms with van der Waals surface area (Å²) in [5, 5.41) is 3.66. The number of anilines is 1. The second kappa shape index (κ2) is 6.67. The van der Waals surface area contributed by atoms with E-state index in [-0.39, 0.29) is 5.91 Å². The molecule has 0 spiro atoms. The maximum absolute atomic E-state index is 12.2. The van der Waals surface area contributed by atoms with Crippen molar-refractivity contribution in [2.75, 3.05) is 5.32 Å². The quantitative estimate of drug-likeness (QED) is 0.671. The first-order chi connectivity index (χ1) is 11.1. The molecule has 3 aromatic carbocycles. The van der Waals surface area contributed by atoms with Gasteiger partial charge in [-0.15, -0.1) is 0 Å². The van der Waals surface area contributed by atoms with Crippen LogP contribution in [0.2, 0.25) is 5.02 Å². The van der Waals surface area contributed by atoms with E-state index < -0.39 is 0 Å². The van der Waals surface area contributed by atoms with Gasteiger partial charge in [0.25, 0.3) is 5.91 Å². The first-order valence-corrected chi connectivity index (χ1v) is 7.74. The average Bonchev–Trinajstić information content (AvgIpc) is 2.58. The molecule has 0 saturated carbocycles. The number of amides is 1. The highest BCUT2D eigenvalue weighted by Gasteiger charge is 2.07.